The van der Waals surface area contributed by atoms with Crippen LogP contribution < -0.4 is 4.90 Å². The van der Waals surface area contributed by atoms with Gasteiger partial charge in [-0.25, -0.2) is 0 Å². The molecule has 0 radical (unpaired) electrons. The van der Waals surface area contributed by atoms with Crippen LogP contribution in [0.2, 0.25) is 5.02 Å². The number of aromatic nitrogens is 2. The van der Waals surface area contributed by atoms with Gasteiger partial charge >= 0.3 is 5.82 Å². The van der Waals surface area contributed by atoms with E-state index in [2.05, 4.69) is 4.98 Å². The molecular weight excluding hydrogens is 304 g/mol. The van der Waals surface area contributed by atoms with Crippen molar-refractivity contribution in [2.45, 2.75) is 6.54 Å². The predicted molar refractivity (Wildman–Crippen MR) is 85.4 cm³/mol. The van der Waals surface area contributed by atoms with Crippen LogP contribution in [-0.4, -0.2) is 21.4 Å². The lowest BCUT2D eigenvalue weighted by molar-refractivity contribution is -0.389. The van der Waals surface area contributed by atoms with Crippen LogP contribution in [0.15, 0.2) is 48.7 Å². The second-order valence-corrected chi connectivity index (χ2v) is 5.30. The molecule has 0 amide bonds. The van der Waals surface area contributed by atoms with Crippen LogP contribution in [0, 0.1) is 10.1 Å². The second kappa shape index (κ2) is 5.65. The number of rotatable bonds is 4. The number of imidazole rings is 1. The van der Waals surface area contributed by atoms with Gasteiger partial charge in [0.25, 0.3) is 0 Å². The van der Waals surface area contributed by atoms with E-state index in [1.165, 1.54) is 4.40 Å². The highest BCUT2D eigenvalue weighted by atomic mass is 35.5. The Labute approximate surface area is 131 Å². The minimum absolute atomic E-state index is 0.0508. The van der Waals surface area contributed by atoms with Crippen molar-refractivity contribution in [2.24, 2.45) is 0 Å². The van der Waals surface area contributed by atoms with E-state index >= 15 is 0 Å². The molecule has 0 spiro atoms. The third-order valence-electron chi connectivity index (χ3n) is 3.39. The van der Waals surface area contributed by atoms with Crippen LogP contribution in [0.3, 0.4) is 0 Å². The van der Waals surface area contributed by atoms with Gasteiger partial charge in [-0.1, -0.05) is 35.9 Å². The number of pyridine rings is 1. The topological polar surface area (TPSA) is 63.7 Å². The van der Waals surface area contributed by atoms with E-state index in [-0.39, 0.29) is 5.82 Å². The third-order valence-corrected chi connectivity index (χ3v) is 3.76. The maximum Gasteiger partial charge on any atom is 0.372 e. The van der Waals surface area contributed by atoms with Gasteiger partial charge in [-0.3, -0.25) is 0 Å². The fraction of sp³-hybridized carbons (Fsp3) is 0.133. The lowest BCUT2D eigenvalue weighted by Crippen LogP contribution is -2.18. The molecule has 2 aromatic heterocycles. The van der Waals surface area contributed by atoms with Crippen LogP contribution in [0.4, 0.5) is 11.6 Å². The molecule has 0 atom stereocenters. The molecule has 0 bridgehead atoms. The maximum absolute atomic E-state index is 11.4. The Bertz CT molecular complexity index is 846. The van der Waals surface area contributed by atoms with Crippen LogP contribution in [-0.2, 0) is 6.54 Å². The van der Waals surface area contributed by atoms with Gasteiger partial charge < -0.3 is 15.0 Å². The minimum atomic E-state index is -0.418. The summed E-state index contributed by atoms with van der Waals surface area (Å²) in [6, 6.07) is 12.7. The van der Waals surface area contributed by atoms with E-state index in [1.54, 1.807) is 42.4 Å². The summed E-state index contributed by atoms with van der Waals surface area (Å²) in [5, 5.41) is 12.0. The average molecular weight is 317 g/mol. The molecule has 22 heavy (non-hydrogen) atoms. The monoisotopic (exact) mass is 316 g/mol. The number of benzene rings is 1. The van der Waals surface area contributed by atoms with Gasteiger partial charge in [0.15, 0.2) is 0 Å². The van der Waals surface area contributed by atoms with E-state index in [4.69, 9.17) is 11.6 Å². The Balaban J connectivity index is 2.04. The van der Waals surface area contributed by atoms with Crippen molar-refractivity contribution >= 4 is 28.9 Å². The van der Waals surface area contributed by atoms with Crippen LogP contribution >= 0.6 is 11.6 Å². The van der Waals surface area contributed by atoms with Crippen molar-refractivity contribution in [2.75, 3.05) is 11.9 Å². The van der Waals surface area contributed by atoms with Gasteiger partial charge in [0.2, 0.25) is 11.5 Å². The summed E-state index contributed by atoms with van der Waals surface area (Å²) in [6.45, 7) is 0.435. The zero-order valence-electron chi connectivity index (χ0n) is 11.8. The molecule has 6 nitrogen and oxygen atoms in total. The molecule has 7 heteroatoms. The molecule has 0 saturated carbocycles. The summed E-state index contributed by atoms with van der Waals surface area (Å²) < 4.78 is 1.47. The fourth-order valence-corrected chi connectivity index (χ4v) is 2.55. The maximum atomic E-state index is 11.4. The Morgan fingerprint density at radius 1 is 1.27 bits per heavy atom. The van der Waals surface area contributed by atoms with E-state index in [0.717, 1.165) is 5.56 Å². The molecule has 0 aliphatic rings. The van der Waals surface area contributed by atoms with E-state index in [0.29, 0.717) is 23.0 Å². The molecule has 3 rings (SSSR count). The first-order valence-electron chi connectivity index (χ1n) is 6.64. The molecule has 3 aromatic rings. The molecule has 0 unspecified atom stereocenters. The van der Waals surface area contributed by atoms with E-state index in [9.17, 15) is 10.1 Å². The van der Waals surface area contributed by atoms with Crippen LogP contribution in [0.1, 0.15) is 5.56 Å². The highest BCUT2D eigenvalue weighted by molar-refractivity contribution is 6.31. The lowest BCUT2D eigenvalue weighted by Gasteiger charge is -2.16. The third kappa shape index (κ3) is 2.48. The van der Waals surface area contributed by atoms with Gasteiger partial charge in [-0.05, 0) is 22.6 Å². The van der Waals surface area contributed by atoms with Crippen molar-refractivity contribution in [3.05, 3.63) is 69.4 Å². The first-order valence-corrected chi connectivity index (χ1v) is 7.01. The van der Waals surface area contributed by atoms with Crippen LogP contribution in [0.5, 0.6) is 0 Å². The number of halogens is 1. The first kappa shape index (κ1) is 14.3. The number of nitro groups is 1. The van der Waals surface area contributed by atoms with Crippen molar-refractivity contribution < 1.29 is 4.92 Å². The Morgan fingerprint density at radius 2 is 2.00 bits per heavy atom. The summed E-state index contributed by atoms with van der Waals surface area (Å²) >= 11 is 6.15. The van der Waals surface area contributed by atoms with E-state index in [1.807, 2.05) is 18.2 Å². The SMILES string of the molecule is CN(Cc1ccccc1Cl)c1nc2ccccn2c1[N+](=O)[O-]. The molecule has 0 aliphatic heterocycles. The Hall–Kier alpha value is -2.60. The zero-order valence-corrected chi connectivity index (χ0v) is 12.6. The number of nitrogens with zero attached hydrogens (tertiary/aromatic N) is 4. The van der Waals surface area contributed by atoms with Crippen molar-refractivity contribution in [1.29, 1.82) is 0 Å². The molecule has 0 N–H and O–H groups in total. The number of anilines is 1. The van der Waals surface area contributed by atoms with Gasteiger partial charge in [0.05, 0.1) is 6.20 Å². The van der Waals surface area contributed by atoms with Crippen molar-refractivity contribution in [1.82, 2.24) is 9.38 Å². The lowest BCUT2D eigenvalue weighted by atomic mass is 10.2. The normalized spacial score (nSPS) is 10.8. The summed E-state index contributed by atoms with van der Waals surface area (Å²) in [5.74, 6) is 0.265. The molecular formula is C15H13ClN4O2. The molecule has 2 heterocycles. The minimum Gasteiger partial charge on any atom is -0.358 e. The largest absolute Gasteiger partial charge is 0.372 e. The van der Waals surface area contributed by atoms with E-state index < -0.39 is 4.92 Å². The summed E-state index contributed by atoms with van der Waals surface area (Å²) in [6.07, 6.45) is 1.63. The van der Waals surface area contributed by atoms with Gasteiger partial charge in [0, 0.05) is 24.7 Å². The Kier molecular flexibility index (Phi) is 3.68. The van der Waals surface area contributed by atoms with Gasteiger partial charge in [-0.2, -0.15) is 9.38 Å². The average Bonchev–Trinajstić information content (AvgIpc) is 2.89. The number of hydrogen-bond donors (Lipinski definition) is 0. The zero-order chi connectivity index (χ0) is 15.7. The highest BCUT2D eigenvalue weighted by Gasteiger charge is 2.25. The highest BCUT2D eigenvalue weighted by Crippen LogP contribution is 2.29. The van der Waals surface area contributed by atoms with Crippen molar-refractivity contribution in [3.8, 4) is 0 Å². The van der Waals surface area contributed by atoms with Crippen LogP contribution in [0.25, 0.3) is 5.65 Å². The smallest absolute Gasteiger partial charge is 0.358 e. The molecule has 0 aliphatic carbocycles. The van der Waals surface area contributed by atoms with Crippen molar-refractivity contribution in [3.63, 3.8) is 0 Å². The summed E-state index contributed by atoms with van der Waals surface area (Å²) in [7, 11) is 1.76. The second-order valence-electron chi connectivity index (χ2n) is 4.89. The molecule has 0 saturated heterocycles. The number of fused-ring (bicyclic) bond motifs is 1. The fourth-order valence-electron chi connectivity index (χ4n) is 2.35. The van der Waals surface area contributed by atoms with Gasteiger partial charge in [-0.15, -0.1) is 0 Å². The molecule has 0 fully saturated rings. The Morgan fingerprint density at radius 3 is 2.73 bits per heavy atom. The molecule has 1 aromatic carbocycles. The summed E-state index contributed by atoms with van der Waals surface area (Å²) in [5.41, 5.74) is 1.42. The standard InChI is InChI=1S/C15H13ClN4O2/c1-18(10-11-6-2-3-7-12(11)16)14-15(20(21)22)19-9-5-4-8-13(19)17-14/h2-9H,10H2,1H3. The quantitative estimate of drug-likeness (QED) is 0.545. The predicted octanol–water partition coefficient (Wildman–Crippen LogP) is 3.53. The summed E-state index contributed by atoms with van der Waals surface area (Å²) in [4.78, 5) is 17.1. The molecule has 112 valence electrons. The first-order chi connectivity index (χ1) is 10.6. The number of hydrogen-bond acceptors (Lipinski definition) is 4. The van der Waals surface area contributed by atoms with Gasteiger partial charge in [0.1, 0.15) is 0 Å².